The summed E-state index contributed by atoms with van der Waals surface area (Å²) < 4.78 is 12.8. The molecule has 2 N–H and O–H groups in total. The maximum atomic E-state index is 12.8. The number of likely N-dealkylation sites (N-methyl/N-ethyl adjacent to an activating group) is 1. The normalized spacial score (nSPS) is 13.5. The summed E-state index contributed by atoms with van der Waals surface area (Å²) in [5.74, 6) is -0.448. The molecule has 0 aliphatic carbocycles. The van der Waals surface area contributed by atoms with Crippen LogP contribution in [0.15, 0.2) is 48.5 Å². The second kappa shape index (κ2) is 7.38. The summed E-state index contributed by atoms with van der Waals surface area (Å²) in [4.78, 5) is 13.1. The van der Waals surface area contributed by atoms with Crippen LogP contribution in [0.1, 0.15) is 18.5 Å². The number of halogens is 2. The number of amides is 1. The topological polar surface area (TPSA) is 33.5 Å². The third-order valence-electron chi connectivity index (χ3n) is 3.68. The van der Waals surface area contributed by atoms with E-state index in [4.69, 9.17) is 11.6 Å². The van der Waals surface area contributed by atoms with Gasteiger partial charge in [0.1, 0.15) is 11.9 Å². The number of hydrogen-bond acceptors (Lipinski definition) is 1. The van der Waals surface area contributed by atoms with Gasteiger partial charge >= 0.3 is 0 Å². The van der Waals surface area contributed by atoms with Crippen LogP contribution in [0.2, 0.25) is 5.02 Å². The maximum Gasteiger partial charge on any atom is 0.279 e. The maximum absolute atomic E-state index is 12.8. The highest BCUT2D eigenvalue weighted by Crippen LogP contribution is 2.20. The molecular weight excluding hydrogens is 303 g/mol. The summed E-state index contributed by atoms with van der Waals surface area (Å²) in [5.41, 5.74) is 1.60. The molecule has 2 atom stereocenters. The zero-order valence-electron chi connectivity index (χ0n) is 12.6. The van der Waals surface area contributed by atoms with Crippen molar-refractivity contribution < 1.29 is 14.1 Å². The first-order valence-corrected chi connectivity index (χ1v) is 7.47. The summed E-state index contributed by atoms with van der Waals surface area (Å²) in [6.07, 6.45) is 0. The highest BCUT2D eigenvalue weighted by Gasteiger charge is 2.20. The Bertz CT molecular complexity index is 645. The molecule has 0 fully saturated rings. The van der Waals surface area contributed by atoms with Crippen molar-refractivity contribution in [3.63, 3.8) is 0 Å². The van der Waals surface area contributed by atoms with E-state index < -0.39 is 0 Å². The molecule has 0 saturated heterocycles. The molecule has 2 aromatic carbocycles. The molecule has 0 radical (unpaired) electrons. The van der Waals surface area contributed by atoms with Crippen molar-refractivity contribution in [2.45, 2.75) is 13.0 Å². The van der Waals surface area contributed by atoms with Crippen LogP contribution in [0, 0.1) is 5.82 Å². The van der Waals surface area contributed by atoms with Gasteiger partial charge in [-0.3, -0.25) is 4.79 Å². The number of benzene rings is 2. The van der Waals surface area contributed by atoms with E-state index in [-0.39, 0.29) is 17.8 Å². The molecule has 1 amide bonds. The van der Waals surface area contributed by atoms with Crippen molar-refractivity contribution in [2.75, 3.05) is 18.9 Å². The first-order valence-electron chi connectivity index (χ1n) is 7.09. The van der Waals surface area contributed by atoms with Gasteiger partial charge in [0.2, 0.25) is 0 Å². The van der Waals surface area contributed by atoms with E-state index >= 15 is 0 Å². The van der Waals surface area contributed by atoms with Crippen LogP contribution in [0.4, 0.5) is 10.1 Å². The Morgan fingerprint density at radius 1 is 1.23 bits per heavy atom. The van der Waals surface area contributed by atoms with Gasteiger partial charge in [-0.1, -0.05) is 29.8 Å². The highest BCUT2D eigenvalue weighted by molar-refractivity contribution is 6.31. The summed E-state index contributed by atoms with van der Waals surface area (Å²) >= 11 is 6.19. The van der Waals surface area contributed by atoms with Crippen LogP contribution in [0.5, 0.6) is 0 Å². The van der Waals surface area contributed by atoms with Gasteiger partial charge in [0, 0.05) is 16.3 Å². The minimum absolute atomic E-state index is 0.0904. The van der Waals surface area contributed by atoms with E-state index in [9.17, 15) is 9.18 Å². The number of carbonyl (C=O) groups excluding carboxylic acids is 1. The lowest BCUT2D eigenvalue weighted by atomic mass is 10.1. The van der Waals surface area contributed by atoms with E-state index in [2.05, 4.69) is 5.32 Å². The molecule has 0 aromatic heterocycles. The van der Waals surface area contributed by atoms with E-state index in [0.717, 1.165) is 10.5 Å². The molecule has 0 spiro atoms. The number of hydrogen-bond donors (Lipinski definition) is 2. The van der Waals surface area contributed by atoms with Crippen molar-refractivity contribution in [2.24, 2.45) is 0 Å². The molecule has 0 saturated carbocycles. The summed E-state index contributed by atoms with van der Waals surface area (Å²) in [6, 6.07) is 13.4. The fourth-order valence-electron chi connectivity index (χ4n) is 2.24. The average molecular weight is 322 g/mol. The minimum Gasteiger partial charge on any atom is -0.324 e. The number of rotatable bonds is 5. The Labute approximate surface area is 134 Å². The molecule has 1 unspecified atom stereocenters. The first kappa shape index (κ1) is 16.5. The van der Waals surface area contributed by atoms with Gasteiger partial charge in [-0.15, -0.1) is 0 Å². The predicted octanol–water partition coefficient (Wildman–Crippen LogP) is 2.69. The summed E-state index contributed by atoms with van der Waals surface area (Å²) in [7, 11) is 1.94. The second-order valence-corrected chi connectivity index (χ2v) is 5.73. The molecule has 0 heterocycles. The predicted molar refractivity (Wildman–Crippen MR) is 86.7 cm³/mol. The van der Waals surface area contributed by atoms with E-state index in [1.165, 1.54) is 12.1 Å². The molecule has 0 aliphatic heterocycles. The van der Waals surface area contributed by atoms with Crippen molar-refractivity contribution in [1.82, 2.24) is 0 Å². The fourth-order valence-corrected chi connectivity index (χ4v) is 2.54. The number of anilines is 1. The van der Waals surface area contributed by atoms with Gasteiger partial charge in [0.25, 0.3) is 5.91 Å². The third kappa shape index (κ3) is 4.29. The first-order chi connectivity index (χ1) is 10.5. The van der Waals surface area contributed by atoms with Crippen LogP contribution < -0.4 is 10.2 Å². The van der Waals surface area contributed by atoms with E-state index in [1.54, 1.807) is 12.1 Å². The van der Waals surface area contributed by atoms with Gasteiger partial charge in [-0.2, -0.15) is 0 Å². The van der Waals surface area contributed by atoms with Gasteiger partial charge in [-0.05, 0) is 37.3 Å². The fraction of sp³-hybridized carbons (Fsp3) is 0.235. The lowest BCUT2D eigenvalue weighted by molar-refractivity contribution is -0.902. The van der Waals surface area contributed by atoms with E-state index in [1.807, 2.05) is 38.2 Å². The van der Waals surface area contributed by atoms with Gasteiger partial charge < -0.3 is 10.2 Å². The monoisotopic (exact) mass is 321 g/mol. The molecule has 0 aliphatic rings. The van der Waals surface area contributed by atoms with Crippen LogP contribution in [0.25, 0.3) is 0 Å². The van der Waals surface area contributed by atoms with Crippen LogP contribution in [-0.2, 0) is 4.79 Å². The number of nitrogens with one attached hydrogen (secondary N) is 2. The van der Waals surface area contributed by atoms with E-state index in [0.29, 0.717) is 17.3 Å². The molecule has 22 heavy (non-hydrogen) atoms. The summed E-state index contributed by atoms with van der Waals surface area (Å²) in [6.45, 7) is 2.32. The molecule has 116 valence electrons. The Balaban J connectivity index is 1.96. The Kier molecular flexibility index (Phi) is 5.52. The lowest BCUT2D eigenvalue weighted by Gasteiger charge is -2.22. The largest absolute Gasteiger partial charge is 0.324 e. The quantitative estimate of drug-likeness (QED) is 0.872. The van der Waals surface area contributed by atoms with Crippen molar-refractivity contribution in [1.29, 1.82) is 0 Å². The third-order valence-corrected chi connectivity index (χ3v) is 4.02. The summed E-state index contributed by atoms with van der Waals surface area (Å²) in [5, 5.41) is 3.46. The Morgan fingerprint density at radius 2 is 1.86 bits per heavy atom. The zero-order valence-corrected chi connectivity index (χ0v) is 13.3. The van der Waals surface area contributed by atoms with Crippen LogP contribution in [-0.4, -0.2) is 19.5 Å². The molecule has 2 aromatic rings. The Morgan fingerprint density at radius 3 is 2.50 bits per heavy atom. The lowest BCUT2D eigenvalue weighted by Crippen LogP contribution is -3.10. The smallest absolute Gasteiger partial charge is 0.279 e. The van der Waals surface area contributed by atoms with Crippen molar-refractivity contribution >= 4 is 23.2 Å². The van der Waals surface area contributed by atoms with Crippen LogP contribution in [0.3, 0.4) is 0 Å². The van der Waals surface area contributed by atoms with Gasteiger partial charge in [-0.25, -0.2) is 4.39 Å². The van der Waals surface area contributed by atoms with Crippen molar-refractivity contribution in [3.8, 4) is 0 Å². The second-order valence-electron chi connectivity index (χ2n) is 5.32. The van der Waals surface area contributed by atoms with Crippen molar-refractivity contribution in [3.05, 3.63) is 64.9 Å². The molecule has 0 bridgehead atoms. The van der Waals surface area contributed by atoms with Crippen LogP contribution >= 0.6 is 11.6 Å². The average Bonchev–Trinajstić information content (AvgIpc) is 2.49. The van der Waals surface area contributed by atoms with Gasteiger partial charge in [0.05, 0.1) is 7.05 Å². The van der Waals surface area contributed by atoms with Gasteiger partial charge in [0.15, 0.2) is 6.54 Å². The number of quaternary nitrogens is 1. The molecular formula is C17H19ClFN2O+. The standard InChI is InChI=1S/C17H18ClFN2O/c1-12(15-5-3-4-6-16(15)18)21(2)11-17(22)20-14-9-7-13(19)8-10-14/h3-10,12H,11H2,1-2H3,(H,20,22)/p+1/t12-/m1/s1. The number of carbonyl (C=O) groups is 1. The molecule has 5 heteroatoms. The zero-order chi connectivity index (χ0) is 16.1. The Hall–Kier alpha value is -1.91. The highest BCUT2D eigenvalue weighted by atomic mass is 35.5. The minimum atomic E-state index is -0.326. The molecule has 3 nitrogen and oxygen atoms in total. The molecule has 2 rings (SSSR count). The SMILES string of the molecule is C[C@H](c1ccccc1Cl)[NH+](C)CC(=O)Nc1ccc(F)cc1.